The number of hydrogen-bond donors (Lipinski definition) is 0. The van der Waals surface area contributed by atoms with Crippen molar-refractivity contribution in [1.82, 2.24) is 4.98 Å². The highest BCUT2D eigenvalue weighted by atomic mass is 16.6. The fraction of sp³-hybridized carbons (Fsp3) is 0.250. The number of carbonyl (C=O) groups excluding carboxylic acids is 1. The standard InChI is InChI=1S/C16H18N2O2/c1-3-20-16(19)18(12-14-7-5-9-17-11-14)15-8-4-6-13(2)10-15/h4-11H,3,12H2,1-2H3. The topological polar surface area (TPSA) is 42.4 Å². The van der Waals surface area contributed by atoms with Crippen LogP contribution in [0.25, 0.3) is 0 Å². The van der Waals surface area contributed by atoms with Crippen LogP contribution < -0.4 is 4.90 Å². The van der Waals surface area contributed by atoms with E-state index in [-0.39, 0.29) is 6.09 Å². The molecule has 2 rings (SSSR count). The Morgan fingerprint density at radius 3 is 2.80 bits per heavy atom. The average Bonchev–Trinajstić information content (AvgIpc) is 2.46. The maximum Gasteiger partial charge on any atom is 0.414 e. The van der Waals surface area contributed by atoms with Crippen molar-refractivity contribution >= 4 is 11.8 Å². The molecule has 0 spiro atoms. The van der Waals surface area contributed by atoms with E-state index in [1.54, 1.807) is 24.2 Å². The first kappa shape index (κ1) is 14.1. The van der Waals surface area contributed by atoms with Gasteiger partial charge in [0.2, 0.25) is 0 Å². The maximum atomic E-state index is 12.1. The number of ether oxygens (including phenoxy) is 1. The molecule has 0 fully saturated rings. The first-order valence-corrected chi connectivity index (χ1v) is 6.60. The third kappa shape index (κ3) is 3.57. The summed E-state index contributed by atoms with van der Waals surface area (Å²) in [6, 6.07) is 11.6. The summed E-state index contributed by atoms with van der Waals surface area (Å²) in [5, 5.41) is 0. The molecule has 104 valence electrons. The normalized spacial score (nSPS) is 10.1. The van der Waals surface area contributed by atoms with Gasteiger partial charge < -0.3 is 4.74 Å². The fourth-order valence-electron chi connectivity index (χ4n) is 1.93. The lowest BCUT2D eigenvalue weighted by Crippen LogP contribution is -2.31. The Morgan fingerprint density at radius 1 is 1.30 bits per heavy atom. The van der Waals surface area contributed by atoms with Gasteiger partial charge in [0.25, 0.3) is 0 Å². The number of anilines is 1. The van der Waals surface area contributed by atoms with Crippen LogP contribution in [-0.4, -0.2) is 17.7 Å². The zero-order valence-corrected chi connectivity index (χ0v) is 11.7. The number of pyridine rings is 1. The van der Waals surface area contributed by atoms with Gasteiger partial charge in [0.15, 0.2) is 0 Å². The Balaban J connectivity index is 2.27. The van der Waals surface area contributed by atoms with Crippen LogP contribution in [0.3, 0.4) is 0 Å². The van der Waals surface area contributed by atoms with Gasteiger partial charge in [0.1, 0.15) is 0 Å². The fourth-order valence-corrected chi connectivity index (χ4v) is 1.93. The molecule has 0 N–H and O–H groups in total. The lowest BCUT2D eigenvalue weighted by atomic mass is 10.2. The zero-order chi connectivity index (χ0) is 14.4. The van der Waals surface area contributed by atoms with Crippen LogP contribution >= 0.6 is 0 Å². The molecule has 0 aliphatic rings. The Hall–Kier alpha value is -2.36. The van der Waals surface area contributed by atoms with Crippen LogP contribution in [0.1, 0.15) is 18.1 Å². The molecule has 0 saturated carbocycles. The minimum atomic E-state index is -0.345. The molecule has 4 heteroatoms. The van der Waals surface area contributed by atoms with Crippen LogP contribution in [0.15, 0.2) is 48.8 Å². The van der Waals surface area contributed by atoms with E-state index in [0.29, 0.717) is 13.2 Å². The number of carbonyl (C=O) groups is 1. The highest BCUT2D eigenvalue weighted by Crippen LogP contribution is 2.19. The van der Waals surface area contributed by atoms with E-state index in [9.17, 15) is 4.79 Å². The van der Waals surface area contributed by atoms with Gasteiger partial charge >= 0.3 is 6.09 Å². The monoisotopic (exact) mass is 270 g/mol. The first-order chi connectivity index (χ1) is 9.70. The third-order valence-corrected chi connectivity index (χ3v) is 2.87. The highest BCUT2D eigenvalue weighted by Gasteiger charge is 2.17. The van der Waals surface area contributed by atoms with Gasteiger partial charge in [-0.1, -0.05) is 18.2 Å². The zero-order valence-electron chi connectivity index (χ0n) is 11.7. The molecule has 0 bridgehead atoms. The number of benzene rings is 1. The molecule has 4 nitrogen and oxygen atoms in total. The summed E-state index contributed by atoms with van der Waals surface area (Å²) in [6.07, 6.45) is 3.12. The van der Waals surface area contributed by atoms with E-state index < -0.39 is 0 Å². The van der Waals surface area contributed by atoms with Crippen LogP contribution in [0.4, 0.5) is 10.5 Å². The number of aryl methyl sites for hydroxylation is 1. The molecule has 2 aromatic rings. The van der Waals surface area contributed by atoms with E-state index in [4.69, 9.17) is 4.74 Å². The maximum absolute atomic E-state index is 12.1. The van der Waals surface area contributed by atoms with Crippen LogP contribution in [0, 0.1) is 6.92 Å². The minimum absolute atomic E-state index is 0.345. The lowest BCUT2D eigenvalue weighted by Gasteiger charge is -2.22. The molecule has 0 aliphatic carbocycles. The van der Waals surface area contributed by atoms with Gasteiger partial charge in [-0.15, -0.1) is 0 Å². The summed E-state index contributed by atoms with van der Waals surface area (Å²) < 4.78 is 5.14. The predicted molar refractivity (Wildman–Crippen MR) is 78.6 cm³/mol. The van der Waals surface area contributed by atoms with E-state index in [1.807, 2.05) is 43.3 Å². The van der Waals surface area contributed by atoms with Crippen LogP contribution in [0.5, 0.6) is 0 Å². The quantitative estimate of drug-likeness (QED) is 0.853. The molecule has 0 saturated heterocycles. The minimum Gasteiger partial charge on any atom is -0.449 e. The van der Waals surface area contributed by atoms with Gasteiger partial charge in [0.05, 0.1) is 13.2 Å². The van der Waals surface area contributed by atoms with Gasteiger partial charge in [-0.2, -0.15) is 0 Å². The van der Waals surface area contributed by atoms with Gasteiger partial charge in [-0.3, -0.25) is 9.88 Å². The second-order valence-electron chi connectivity index (χ2n) is 4.49. The van der Waals surface area contributed by atoms with Crippen LogP contribution in [0.2, 0.25) is 0 Å². The Labute approximate surface area is 119 Å². The van der Waals surface area contributed by atoms with Crippen molar-refractivity contribution in [2.45, 2.75) is 20.4 Å². The summed E-state index contributed by atoms with van der Waals surface area (Å²) >= 11 is 0. The summed E-state index contributed by atoms with van der Waals surface area (Å²) in [4.78, 5) is 17.8. The summed E-state index contributed by atoms with van der Waals surface area (Å²) in [5.41, 5.74) is 2.89. The Kier molecular flexibility index (Phi) is 4.71. The summed E-state index contributed by atoms with van der Waals surface area (Å²) in [6.45, 7) is 4.59. The van der Waals surface area contributed by atoms with Gasteiger partial charge in [-0.05, 0) is 43.2 Å². The molecule has 0 atom stereocenters. The molecule has 0 unspecified atom stereocenters. The molecule has 1 heterocycles. The number of hydrogen-bond acceptors (Lipinski definition) is 3. The molecule has 1 amide bonds. The lowest BCUT2D eigenvalue weighted by molar-refractivity contribution is 0.159. The third-order valence-electron chi connectivity index (χ3n) is 2.87. The summed E-state index contributed by atoms with van der Waals surface area (Å²) in [7, 11) is 0. The first-order valence-electron chi connectivity index (χ1n) is 6.60. The Morgan fingerprint density at radius 2 is 2.15 bits per heavy atom. The van der Waals surface area contributed by atoms with E-state index in [0.717, 1.165) is 16.8 Å². The molecular formula is C16H18N2O2. The SMILES string of the molecule is CCOC(=O)N(Cc1cccnc1)c1cccc(C)c1. The summed E-state index contributed by atoms with van der Waals surface area (Å²) in [5.74, 6) is 0. The van der Waals surface area contributed by atoms with Gasteiger partial charge in [-0.25, -0.2) is 4.79 Å². The van der Waals surface area contributed by atoms with Crippen molar-refractivity contribution in [3.05, 3.63) is 59.9 Å². The van der Waals surface area contributed by atoms with E-state index >= 15 is 0 Å². The molecule has 0 aliphatic heterocycles. The van der Waals surface area contributed by atoms with Gasteiger partial charge in [0, 0.05) is 18.1 Å². The van der Waals surface area contributed by atoms with Crippen LogP contribution in [-0.2, 0) is 11.3 Å². The van der Waals surface area contributed by atoms with E-state index in [2.05, 4.69) is 4.98 Å². The molecule has 1 aromatic heterocycles. The number of aromatic nitrogens is 1. The second-order valence-corrected chi connectivity index (χ2v) is 4.49. The predicted octanol–water partition coefficient (Wildman–Crippen LogP) is 3.55. The molecule has 1 aromatic carbocycles. The van der Waals surface area contributed by atoms with Crippen molar-refractivity contribution in [1.29, 1.82) is 0 Å². The van der Waals surface area contributed by atoms with Crippen molar-refractivity contribution in [2.75, 3.05) is 11.5 Å². The van der Waals surface area contributed by atoms with Crippen molar-refractivity contribution in [3.8, 4) is 0 Å². The van der Waals surface area contributed by atoms with Crippen molar-refractivity contribution < 1.29 is 9.53 Å². The Bertz CT molecular complexity index is 570. The average molecular weight is 270 g/mol. The number of amides is 1. The smallest absolute Gasteiger partial charge is 0.414 e. The molecular weight excluding hydrogens is 252 g/mol. The van der Waals surface area contributed by atoms with Crippen molar-refractivity contribution in [2.24, 2.45) is 0 Å². The highest BCUT2D eigenvalue weighted by molar-refractivity contribution is 5.87. The number of rotatable bonds is 4. The molecule has 20 heavy (non-hydrogen) atoms. The van der Waals surface area contributed by atoms with Crippen molar-refractivity contribution in [3.63, 3.8) is 0 Å². The van der Waals surface area contributed by atoms with E-state index in [1.165, 1.54) is 0 Å². The second kappa shape index (κ2) is 6.70. The number of nitrogens with zero attached hydrogens (tertiary/aromatic N) is 2. The largest absolute Gasteiger partial charge is 0.449 e. The molecule has 0 radical (unpaired) electrons.